The molecule has 4 heteroatoms. The van der Waals surface area contributed by atoms with Crippen molar-refractivity contribution in [3.8, 4) is 0 Å². The number of aromatic nitrogens is 1. The Morgan fingerprint density at radius 3 is 2.93 bits per heavy atom. The van der Waals surface area contributed by atoms with E-state index in [1.54, 1.807) is 0 Å². The zero-order valence-corrected chi connectivity index (χ0v) is 9.25. The second-order valence-electron chi connectivity index (χ2n) is 3.27. The van der Waals surface area contributed by atoms with Crippen molar-refractivity contribution in [1.82, 2.24) is 9.88 Å². The SMILES string of the molecule is Cn1cccc1CNC(=O)c1cccs1. The summed E-state index contributed by atoms with van der Waals surface area (Å²) in [6, 6.07) is 7.66. The van der Waals surface area contributed by atoms with Gasteiger partial charge >= 0.3 is 0 Å². The predicted molar refractivity (Wildman–Crippen MR) is 60.9 cm³/mol. The topological polar surface area (TPSA) is 34.0 Å². The third-order valence-corrected chi connectivity index (χ3v) is 3.09. The lowest BCUT2D eigenvalue weighted by atomic mass is 10.4. The maximum absolute atomic E-state index is 11.6. The van der Waals surface area contributed by atoms with E-state index in [0.717, 1.165) is 10.6 Å². The van der Waals surface area contributed by atoms with Crippen LogP contribution < -0.4 is 5.32 Å². The fraction of sp³-hybridized carbons (Fsp3) is 0.182. The maximum Gasteiger partial charge on any atom is 0.261 e. The largest absolute Gasteiger partial charge is 0.353 e. The van der Waals surface area contributed by atoms with Crippen molar-refractivity contribution in [1.29, 1.82) is 0 Å². The molecule has 0 aliphatic heterocycles. The molecule has 2 heterocycles. The molecule has 2 rings (SSSR count). The van der Waals surface area contributed by atoms with Crippen molar-refractivity contribution in [3.63, 3.8) is 0 Å². The summed E-state index contributed by atoms with van der Waals surface area (Å²) in [6.07, 6.45) is 1.96. The highest BCUT2D eigenvalue weighted by Gasteiger charge is 2.06. The lowest BCUT2D eigenvalue weighted by molar-refractivity contribution is 0.0954. The number of thiophene rings is 1. The number of nitrogens with one attached hydrogen (secondary N) is 1. The van der Waals surface area contributed by atoms with E-state index in [9.17, 15) is 4.79 Å². The molecular weight excluding hydrogens is 208 g/mol. The van der Waals surface area contributed by atoms with E-state index in [2.05, 4.69) is 5.32 Å². The second-order valence-corrected chi connectivity index (χ2v) is 4.22. The Morgan fingerprint density at radius 2 is 2.33 bits per heavy atom. The number of hydrogen-bond donors (Lipinski definition) is 1. The average Bonchev–Trinajstić information content (AvgIpc) is 2.85. The standard InChI is InChI=1S/C11H12N2OS/c1-13-6-2-4-9(13)8-12-11(14)10-5-3-7-15-10/h2-7H,8H2,1H3,(H,12,14). The highest BCUT2D eigenvalue weighted by atomic mass is 32.1. The van der Waals surface area contributed by atoms with Gasteiger partial charge in [-0.05, 0) is 23.6 Å². The zero-order chi connectivity index (χ0) is 10.7. The molecule has 0 fully saturated rings. The molecule has 15 heavy (non-hydrogen) atoms. The Kier molecular flexibility index (Phi) is 2.87. The summed E-state index contributed by atoms with van der Waals surface area (Å²) in [7, 11) is 1.96. The van der Waals surface area contributed by atoms with Gasteiger partial charge in [-0.15, -0.1) is 11.3 Å². The van der Waals surface area contributed by atoms with Crippen LogP contribution in [0.5, 0.6) is 0 Å². The number of carbonyl (C=O) groups excluding carboxylic acids is 1. The van der Waals surface area contributed by atoms with Crippen LogP contribution in [0.2, 0.25) is 0 Å². The van der Waals surface area contributed by atoms with Gasteiger partial charge in [0, 0.05) is 18.9 Å². The van der Waals surface area contributed by atoms with Crippen LogP contribution in [-0.4, -0.2) is 10.5 Å². The summed E-state index contributed by atoms with van der Waals surface area (Å²) in [5.41, 5.74) is 1.10. The Morgan fingerprint density at radius 1 is 1.47 bits per heavy atom. The molecule has 0 spiro atoms. The van der Waals surface area contributed by atoms with Crippen LogP contribution in [0.4, 0.5) is 0 Å². The normalized spacial score (nSPS) is 10.2. The number of nitrogens with zero attached hydrogens (tertiary/aromatic N) is 1. The third kappa shape index (κ3) is 2.27. The van der Waals surface area contributed by atoms with Gasteiger partial charge in [0.25, 0.3) is 5.91 Å². The van der Waals surface area contributed by atoms with Crippen LogP contribution in [-0.2, 0) is 13.6 Å². The van der Waals surface area contributed by atoms with Crippen molar-refractivity contribution in [2.45, 2.75) is 6.54 Å². The third-order valence-electron chi connectivity index (χ3n) is 2.23. The summed E-state index contributed by atoms with van der Waals surface area (Å²) in [4.78, 5) is 12.4. The number of carbonyl (C=O) groups is 1. The van der Waals surface area contributed by atoms with Crippen molar-refractivity contribution in [2.75, 3.05) is 0 Å². The Hall–Kier alpha value is -1.55. The minimum Gasteiger partial charge on any atom is -0.353 e. The van der Waals surface area contributed by atoms with E-state index < -0.39 is 0 Å². The summed E-state index contributed by atoms with van der Waals surface area (Å²) in [6.45, 7) is 0.570. The summed E-state index contributed by atoms with van der Waals surface area (Å²) < 4.78 is 1.99. The number of aryl methyl sites for hydroxylation is 1. The molecule has 1 N–H and O–H groups in total. The molecule has 0 saturated carbocycles. The summed E-state index contributed by atoms with van der Waals surface area (Å²) in [5.74, 6) is -0.00815. The van der Waals surface area contributed by atoms with Gasteiger partial charge in [-0.3, -0.25) is 4.79 Å². The molecule has 78 valence electrons. The van der Waals surface area contributed by atoms with Crippen LogP contribution >= 0.6 is 11.3 Å². The van der Waals surface area contributed by atoms with Gasteiger partial charge in [0.1, 0.15) is 0 Å². The Bertz CT molecular complexity index is 445. The number of rotatable bonds is 3. The fourth-order valence-corrected chi connectivity index (χ4v) is 1.99. The summed E-state index contributed by atoms with van der Waals surface area (Å²) in [5, 5.41) is 4.78. The van der Waals surface area contributed by atoms with Crippen LogP contribution in [0.15, 0.2) is 35.8 Å². The Labute approximate surface area is 92.4 Å². The lowest BCUT2D eigenvalue weighted by Gasteiger charge is -2.04. The van der Waals surface area contributed by atoms with E-state index in [1.807, 2.05) is 47.5 Å². The molecule has 0 aliphatic carbocycles. The predicted octanol–water partition coefficient (Wildman–Crippen LogP) is 2.02. The molecular formula is C11H12N2OS. The highest BCUT2D eigenvalue weighted by molar-refractivity contribution is 7.12. The molecule has 2 aromatic heterocycles. The Balaban J connectivity index is 1.95. The quantitative estimate of drug-likeness (QED) is 0.843. The molecule has 0 bridgehead atoms. The molecule has 1 amide bonds. The van der Waals surface area contributed by atoms with E-state index in [4.69, 9.17) is 0 Å². The van der Waals surface area contributed by atoms with Gasteiger partial charge in [-0.2, -0.15) is 0 Å². The first-order valence-electron chi connectivity index (χ1n) is 4.69. The molecule has 2 aromatic rings. The molecule has 3 nitrogen and oxygen atoms in total. The average molecular weight is 220 g/mol. The first-order chi connectivity index (χ1) is 7.27. The maximum atomic E-state index is 11.6. The monoisotopic (exact) mass is 220 g/mol. The van der Waals surface area contributed by atoms with Crippen molar-refractivity contribution >= 4 is 17.2 Å². The summed E-state index contributed by atoms with van der Waals surface area (Å²) >= 11 is 1.45. The smallest absolute Gasteiger partial charge is 0.261 e. The van der Waals surface area contributed by atoms with Gasteiger partial charge in [0.15, 0.2) is 0 Å². The van der Waals surface area contributed by atoms with E-state index in [1.165, 1.54) is 11.3 Å². The minimum atomic E-state index is -0.00815. The molecule has 0 aromatic carbocycles. The van der Waals surface area contributed by atoms with Gasteiger partial charge in [0.05, 0.1) is 11.4 Å². The van der Waals surface area contributed by atoms with Gasteiger partial charge < -0.3 is 9.88 Å². The molecule has 0 atom stereocenters. The molecule has 0 unspecified atom stereocenters. The van der Waals surface area contributed by atoms with Crippen LogP contribution in [0.1, 0.15) is 15.4 Å². The molecule has 0 saturated heterocycles. The van der Waals surface area contributed by atoms with Gasteiger partial charge in [-0.25, -0.2) is 0 Å². The van der Waals surface area contributed by atoms with Gasteiger partial charge in [0.2, 0.25) is 0 Å². The van der Waals surface area contributed by atoms with Crippen molar-refractivity contribution in [2.24, 2.45) is 7.05 Å². The van der Waals surface area contributed by atoms with E-state index >= 15 is 0 Å². The van der Waals surface area contributed by atoms with Crippen LogP contribution in [0.25, 0.3) is 0 Å². The zero-order valence-electron chi connectivity index (χ0n) is 8.43. The number of amides is 1. The second kappa shape index (κ2) is 4.31. The molecule has 0 aliphatic rings. The highest BCUT2D eigenvalue weighted by Crippen LogP contribution is 2.08. The van der Waals surface area contributed by atoms with Crippen molar-refractivity contribution in [3.05, 3.63) is 46.4 Å². The van der Waals surface area contributed by atoms with E-state index in [-0.39, 0.29) is 5.91 Å². The minimum absolute atomic E-state index is 0.00815. The van der Waals surface area contributed by atoms with E-state index in [0.29, 0.717) is 6.54 Å². The fourth-order valence-electron chi connectivity index (χ4n) is 1.35. The lowest BCUT2D eigenvalue weighted by Crippen LogP contribution is -2.22. The van der Waals surface area contributed by atoms with Crippen molar-refractivity contribution < 1.29 is 4.79 Å². The van der Waals surface area contributed by atoms with Crippen LogP contribution in [0.3, 0.4) is 0 Å². The molecule has 0 radical (unpaired) electrons. The van der Waals surface area contributed by atoms with Crippen LogP contribution in [0, 0.1) is 0 Å². The number of hydrogen-bond acceptors (Lipinski definition) is 2. The van der Waals surface area contributed by atoms with Gasteiger partial charge in [-0.1, -0.05) is 6.07 Å². The first-order valence-corrected chi connectivity index (χ1v) is 5.57. The first kappa shape index (κ1) is 9.98.